The Kier molecular flexibility index (Phi) is 7.46. The Labute approximate surface area is 144 Å². The minimum Gasteiger partial charge on any atom is -0.443 e. The van der Waals surface area contributed by atoms with E-state index in [1.54, 1.807) is 38.1 Å². The quantitative estimate of drug-likeness (QED) is 0.679. The maximum atomic E-state index is 12.7. The lowest BCUT2D eigenvalue weighted by atomic mass is 10.2. The van der Waals surface area contributed by atoms with Crippen LogP contribution in [0.5, 0.6) is 0 Å². The van der Waals surface area contributed by atoms with Crippen molar-refractivity contribution < 1.29 is 23.1 Å². The van der Waals surface area contributed by atoms with Gasteiger partial charge in [-0.1, -0.05) is 0 Å². The number of rotatable bonds is 7. The van der Waals surface area contributed by atoms with Gasteiger partial charge in [0.15, 0.2) is 0 Å². The fraction of sp³-hybridized carbons (Fsp3) is 0.588. The second-order valence-corrected chi connectivity index (χ2v) is 8.10. The Morgan fingerprint density at radius 2 is 1.54 bits per heavy atom. The lowest BCUT2D eigenvalue weighted by Gasteiger charge is -2.27. The Morgan fingerprint density at radius 3 is 1.92 bits per heavy atom. The van der Waals surface area contributed by atoms with Gasteiger partial charge in [0.05, 0.1) is 18.5 Å². The van der Waals surface area contributed by atoms with E-state index < -0.39 is 19.3 Å². The summed E-state index contributed by atoms with van der Waals surface area (Å²) < 4.78 is 28.8. The van der Waals surface area contributed by atoms with Crippen molar-refractivity contribution in [3.63, 3.8) is 0 Å². The predicted octanol–water partition coefficient (Wildman–Crippen LogP) is 4.34. The first kappa shape index (κ1) is 20.7. The molecule has 0 atom stereocenters. The summed E-state index contributed by atoms with van der Waals surface area (Å²) in [5, 5.41) is 0.468. The molecule has 0 saturated heterocycles. The zero-order valence-electron chi connectivity index (χ0n) is 15.4. The number of ether oxygens (including phenoxy) is 1. The summed E-state index contributed by atoms with van der Waals surface area (Å²) in [5.41, 5.74) is 0.0967. The largest absolute Gasteiger partial charge is 0.443 e. The minimum atomic E-state index is -3.32. The lowest BCUT2D eigenvalue weighted by molar-refractivity contribution is 0.0582. The van der Waals surface area contributed by atoms with Crippen molar-refractivity contribution in [2.75, 3.05) is 24.7 Å². The van der Waals surface area contributed by atoms with Crippen molar-refractivity contribution >= 4 is 24.7 Å². The van der Waals surface area contributed by atoms with Gasteiger partial charge in [0, 0.05) is 12.2 Å². The number of anilines is 1. The van der Waals surface area contributed by atoms with Gasteiger partial charge in [0.1, 0.15) is 5.60 Å². The van der Waals surface area contributed by atoms with Gasteiger partial charge in [-0.05, 0) is 65.8 Å². The molecule has 0 aliphatic heterocycles. The fourth-order valence-corrected chi connectivity index (χ4v) is 3.64. The van der Waals surface area contributed by atoms with Crippen LogP contribution in [0, 0.1) is 0 Å². The summed E-state index contributed by atoms with van der Waals surface area (Å²) in [5.74, 6) is 0. The molecule has 0 aliphatic carbocycles. The number of nitrogens with zero attached hydrogens (tertiary/aromatic N) is 1. The average Bonchev–Trinajstić information content (AvgIpc) is 2.47. The van der Waals surface area contributed by atoms with Gasteiger partial charge >= 0.3 is 13.7 Å². The minimum absolute atomic E-state index is 0.290. The molecule has 7 heteroatoms. The molecule has 1 amide bonds. The number of amides is 1. The fourth-order valence-electron chi connectivity index (χ4n) is 2.08. The molecular weight excluding hydrogens is 329 g/mol. The van der Waals surface area contributed by atoms with Crippen LogP contribution in [0.25, 0.3) is 0 Å². The van der Waals surface area contributed by atoms with E-state index in [9.17, 15) is 9.36 Å². The molecule has 0 aliphatic rings. The molecular formula is C17H28NO5P. The van der Waals surface area contributed by atoms with Gasteiger partial charge < -0.3 is 13.8 Å². The molecule has 0 fully saturated rings. The average molecular weight is 357 g/mol. The lowest BCUT2D eigenvalue weighted by Crippen LogP contribution is -2.36. The Bertz CT molecular complexity index is 570. The van der Waals surface area contributed by atoms with E-state index in [-0.39, 0.29) is 13.2 Å². The molecule has 1 rings (SSSR count). The summed E-state index contributed by atoms with van der Waals surface area (Å²) in [4.78, 5) is 13.8. The monoisotopic (exact) mass is 357 g/mol. The van der Waals surface area contributed by atoms with Gasteiger partial charge in [-0.2, -0.15) is 0 Å². The SMILES string of the molecule is CCOP(=O)(OCC)c1ccc(N(CC)C(=O)OC(C)(C)C)cc1. The molecule has 0 unspecified atom stereocenters. The van der Waals surface area contributed by atoms with Crippen LogP contribution in [0.15, 0.2) is 24.3 Å². The smallest absolute Gasteiger partial charge is 0.414 e. The van der Waals surface area contributed by atoms with E-state index >= 15 is 0 Å². The van der Waals surface area contributed by atoms with E-state index in [1.807, 2.05) is 27.7 Å². The molecule has 136 valence electrons. The van der Waals surface area contributed by atoms with Crippen molar-refractivity contribution in [1.82, 2.24) is 0 Å². The first-order valence-electron chi connectivity index (χ1n) is 8.17. The zero-order valence-corrected chi connectivity index (χ0v) is 16.3. The highest BCUT2D eigenvalue weighted by molar-refractivity contribution is 7.62. The molecule has 0 aromatic heterocycles. The Balaban J connectivity index is 3.03. The highest BCUT2D eigenvalue weighted by atomic mass is 31.2. The van der Waals surface area contributed by atoms with E-state index in [1.165, 1.54) is 4.90 Å². The van der Waals surface area contributed by atoms with Crippen molar-refractivity contribution in [2.45, 2.75) is 47.1 Å². The molecule has 0 bridgehead atoms. The number of carbonyl (C=O) groups excluding carboxylic acids is 1. The van der Waals surface area contributed by atoms with Crippen molar-refractivity contribution in [1.29, 1.82) is 0 Å². The van der Waals surface area contributed by atoms with E-state index in [2.05, 4.69) is 0 Å². The van der Waals surface area contributed by atoms with Gasteiger partial charge in [0.2, 0.25) is 0 Å². The number of hydrogen-bond acceptors (Lipinski definition) is 5. The Morgan fingerprint density at radius 1 is 1.04 bits per heavy atom. The van der Waals surface area contributed by atoms with Gasteiger partial charge in [-0.15, -0.1) is 0 Å². The predicted molar refractivity (Wildman–Crippen MR) is 96.2 cm³/mol. The molecule has 1 aromatic carbocycles. The number of benzene rings is 1. The zero-order chi connectivity index (χ0) is 18.4. The summed E-state index contributed by atoms with van der Waals surface area (Å²) in [7, 11) is -3.32. The molecule has 0 heterocycles. The van der Waals surface area contributed by atoms with Crippen LogP contribution in [0.1, 0.15) is 41.5 Å². The van der Waals surface area contributed by atoms with Crippen molar-refractivity contribution in [2.24, 2.45) is 0 Å². The Hall–Kier alpha value is -1.36. The molecule has 0 saturated carbocycles. The first-order chi connectivity index (χ1) is 11.2. The van der Waals surface area contributed by atoms with Crippen molar-refractivity contribution in [3.8, 4) is 0 Å². The second-order valence-electron chi connectivity index (χ2n) is 6.07. The summed E-state index contributed by atoms with van der Waals surface area (Å²) >= 11 is 0. The summed E-state index contributed by atoms with van der Waals surface area (Å²) in [6.07, 6.45) is -0.421. The third-order valence-corrected chi connectivity index (χ3v) is 5.13. The maximum absolute atomic E-state index is 12.7. The standard InChI is InChI=1S/C17H28NO5P/c1-7-18(16(19)23-17(4,5)6)14-10-12-15(13-11-14)24(20,21-8-2)22-9-3/h10-13H,7-9H2,1-6H3. The third kappa shape index (κ3) is 5.62. The summed E-state index contributed by atoms with van der Waals surface area (Å²) in [6.45, 7) is 11.9. The number of hydrogen-bond donors (Lipinski definition) is 0. The number of carbonyl (C=O) groups is 1. The van der Waals surface area contributed by atoms with Gasteiger partial charge in [-0.3, -0.25) is 9.46 Å². The highest BCUT2D eigenvalue weighted by Crippen LogP contribution is 2.46. The van der Waals surface area contributed by atoms with E-state index in [0.29, 0.717) is 17.5 Å². The first-order valence-corrected chi connectivity index (χ1v) is 9.71. The van der Waals surface area contributed by atoms with E-state index in [0.717, 1.165) is 0 Å². The van der Waals surface area contributed by atoms with Crippen LogP contribution in [-0.4, -0.2) is 31.5 Å². The highest BCUT2D eigenvalue weighted by Gasteiger charge is 2.27. The van der Waals surface area contributed by atoms with Crippen molar-refractivity contribution in [3.05, 3.63) is 24.3 Å². The molecule has 0 N–H and O–H groups in total. The normalized spacial score (nSPS) is 12.1. The maximum Gasteiger partial charge on any atom is 0.414 e. The van der Waals surface area contributed by atoms with Gasteiger partial charge in [0.25, 0.3) is 0 Å². The van der Waals surface area contributed by atoms with Crippen LogP contribution in [-0.2, 0) is 18.3 Å². The topological polar surface area (TPSA) is 65.1 Å². The van der Waals surface area contributed by atoms with Crippen LogP contribution in [0.4, 0.5) is 10.5 Å². The molecule has 6 nitrogen and oxygen atoms in total. The molecule has 1 aromatic rings. The van der Waals surface area contributed by atoms with Gasteiger partial charge in [-0.25, -0.2) is 4.79 Å². The van der Waals surface area contributed by atoms with Crippen LogP contribution >= 0.6 is 7.60 Å². The second kappa shape index (κ2) is 8.65. The molecule has 0 spiro atoms. The van der Waals surface area contributed by atoms with Crippen LogP contribution < -0.4 is 10.2 Å². The van der Waals surface area contributed by atoms with Crippen LogP contribution in [0.3, 0.4) is 0 Å². The molecule has 0 radical (unpaired) electrons. The summed E-state index contributed by atoms with van der Waals surface area (Å²) in [6, 6.07) is 6.75. The van der Waals surface area contributed by atoms with Crippen LogP contribution in [0.2, 0.25) is 0 Å². The molecule has 24 heavy (non-hydrogen) atoms. The van der Waals surface area contributed by atoms with E-state index in [4.69, 9.17) is 13.8 Å². The third-order valence-electron chi connectivity index (χ3n) is 3.01.